The van der Waals surface area contributed by atoms with Crippen LogP contribution in [-0.4, -0.2) is 31.4 Å². The first kappa shape index (κ1) is 20.5. The average molecular weight is 451 g/mol. The lowest BCUT2D eigenvalue weighted by Gasteiger charge is -2.09. The number of halogens is 4. The molecule has 10 heteroatoms. The molecule has 4 rings (SSSR count). The molecule has 0 saturated heterocycles. The zero-order valence-electron chi connectivity index (χ0n) is 15.3. The number of benzene rings is 2. The number of H-pyrrole nitrogens is 1. The lowest BCUT2D eigenvalue weighted by Crippen LogP contribution is -2.12. The van der Waals surface area contributed by atoms with Crippen LogP contribution in [0.4, 0.5) is 13.2 Å². The number of nitrogens with one attached hydrogen (secondary N) is 1. The van der Waals surface area contributed by atoms with Crippen LogP contribution in [-0.2, 0) is 0 Å². The molecular formula is C20H14ClF3N4OS. The summed E-state index contributed by atoms with van der Waals surface area (Å²) < 4.78 is 39.1. The normalized spacial score (nSPS) is 11.9. The molecule has 0 atom stereocenters. The van der Waals surface area contributed by atoms with E-state index in [1.807, 2.05) is 30.3 Å². The third-order valence-electron chi connectivity index (χ3n) is 4.24. The van der Waals surface area contributed by atoms with E-state index in [1.54, 1.807) is 28.8 Å². The number of aromatic nitrogens is 4. The maximum absolute atomic E-state index is 12.6. The molecule has 0 unspecified atom stereocenters. The van der Waals surface area contributed by atoms with Crippen molar-refractivity contribution >= 4 is 34.5 Å². The van der Waals surface area contributed by atoms with E-state index in [0.717, 1.165) is 11.8 Å². The molecule has 2 aromatic carbocycles. The highest BCUT2D eigenvalue weighted by atomic mass is 35.5. The van der Waals surface area contributed by atoms with Gasteiger partial charge in [-0.05, 0) is 36.4 Å². The zero-order chi connectivity index (χ0) is 21.3. The summed E-state index contributed by atoms with van der Waals surface area (Å²) in [5, 5.41) is 0.664. The van der Waals surface area contributed by atoms with Crippen molar-refractivity contribution in [1.82, 2.24) is 19.5 Å². The number of thioether (sulfide) groups is 1. The van der Waals surface area contributed by atoms with Gasteiger partial charge in [-0.2, -0.15) is 13.2 Å². The molecule has 5 nitrogen and oxygen atoms in total. The first-order valence-electron chi connectivity index (χ1n) is 8.85. The molecule has 0 fully saturated rings. The van der Waals surface area contributed by atoms with Crippen molar-refractivity contribution < 1.29 is 13.2 Å². The highest BCUT2D eigenvalue weighted by molar-refractivity contribution is 7.99. The molecule has 0 aliphatic rings. The van der Waals surface area contributed by atoms with E-state index in [-0.39, 0.29) is 22.1 Å². The minimum atomic E-state index is -4.27. The number of nitrogens with zero attached hydrogens (tertiary/aromatic N) is 3. The van der Waals surface area contributed by atoms with Crippen molar-refractivity contribution in [2.45, 2.75) is 17.8 Å². The molecule has 0 saturated carbocycles. The van der Waals surface area contributed by atoms with Gasteiger partial charge in [0.2, 0.25) is 0 Å². The van der Waals surface area contributed by atoms with Gasteiger partial charge in [-0.25, -0.2) is 9.97 Å². The molecular weight excluding hydrogens is 437 g/mol. The first-order valence-corrected chi connectivity index (χ1v) is 10.2. The van der Waals surface area contributed by atoms with Gasteiger partial charge in [0.05, 0.1) is 6.42 Å². The third kappa shape index (κ3) is 4.36. The molecule has 0 radical (unpaired) electrons. The van der Waals surface area contributed by atoms with Gasteiger partial charge in [0.25, 0.3) is 5.56 Å². The summed E-state index contributed by atoms with van der Waals surface area (Å²) in [6.45, 7) is 0. The fourth-order valence-electron chi connectivity index (χ4n) is 2.89. The van der Waals surface area contributed by atoms with Crippen molar-refractivity contribution in [3.8, 4) is 17.1 Å². The molecule has 2 aromatic heterocycles. The Hall–Kier alpha value is -2.78. The van der Waals surface area contributed by atoms with Gasteiger partial charge in [-0.3, -0.25) is 14.3 Å². The Morgan fingerprint density at radius 3 is 2.40 bits per heavy atom. The van der Waals surface area contributed by atoms with Crippen molar-refractivity contribution in [3.63, 3.8) is 0 Å². The van der Waals surface area contributed by atoms with Crippen LogP contribution >= 0.6 is 23.4 Å². The largest absolute Gasteiger partial charge is 0.389 e. The SMILES string of the molecule is O=c1[nH]c(SCCC(F)(F)F)nc2c1nc(-c1ccc(Cl)cc1)n2-c1ccccc1. The van der Waals surface area contributed by atoms with Crippen LogP contribution in [0.15, 0.2) is 64.5 Å². The van der Waals surface area contributed by atoms with Crippen LogP contribution in [0.5, 0.6) is 0 Å². The smallest absolute Gasteiger partial charge is 0.299 e. The topological polar surface area (TPSA) is 63.6 Å². The number of hydrogen-bond acceptors (Lipinski definition) is 4. The Morgan fingerprint density at radius 1 is 1.03 bits per heavy atom. The van der Waals surface area contributed by atoms with Crippen LogP contribution in [0.25, 0.3) is 28.2 Å². The molecule has 30 heavy (non-hydrogen) atoms. The van der Waals surface area contributed by atoms with Crippen LogP contribution in [0.1, 0.15) is 6.42 Å². The number of aromatic amines is 1. The van der Waals surface area contributed by atoms with Gasteiger partial charge in [0.15, 0.2) is 16.3 Å². The van der Waals surface area contributed by atoms with Gasteiger partial charge < -0.3 is 0 Å². The van der Waals surface area contributed by atoms with E-state index in [0.29, 0.717) is 22.1 Å². The summed E-state index contributed by atoms with van der Waals surface area (Å²) in [7, 11) is 0. The maximum Gasteiger partial charge on any atom is 0.389 e. The molecule has 0 amide bonds. The van der Waals surface area contributed by atoms with Crippen LogP contribution in [0, 0.1) is 0 Å². The van der Waals surface area contributed by atoms with Gasteiger partial charge in [-0.1, -0.05) is 41.6 Å². The van der Waals surface area contributed by atoms with Crippen molar-refractivity contribution in [2.75, 3.05) is 5.75 Å². The molecule has 0 bridgehead atoms. The number of hydrogen-bond donors (Lipinski definition) is 1. The first-order chi connectivity index (χ1) is 14.3. The second kappa shape index (κ2) is 8.16. The lowest BCUT2D eigenvalue weighted by atomic mass is 10.2. The molecule has 0 spiro atoms. The van der Waals surface area contributed by atoms with Gasteiger partial charge in [0, 0.05) is 22.0 Å². The maximum atomic E-state index is 12.6. The number of para-hydroxylation sites is 1. The summed E-state index contributed by atoms with van der Waals surface area (Å²) in [5.74, 6) is 0.227. The molecule has 0 aliphatic heterocycles. The Balaban J connectivity index is 1.87. The van der Waals surface area contributed by atoms with Crippen LogP contribution in [0.3, 0.4) is 0 Å². The second-order valence-electron chi connectivity index (χ2n) is 6.37. The van der Waals surface area contributed by atoms with Crippen LogP contribution in [0.2, 0.25) is 5.02 Å². The van der Waals surface area contributed by atoms with Gasteiger partial charge in [0.1, 0.15) is 5.82 Å². The van der Waals surface area contributed by atoms with E-state index in [9.17, 15) is 18.0 Å². The van der Waals surface area contributed by atoms with E-state index in [2.05, 4.69) is 15.0 Å². The highest BCUT2D eigenvalue weighted by Gasteiger charge is 2.27. The van der Waals surface area contributed by atoms with Gasteiger partial charge >= 0.3 is 6.18 Å². The molecule has 4 aromatic rings. The fraction of sp³-hybridized carbons (Fsp3) is 0.150. The molecule has 2 heterocycles. The van der Waals surface area contributed by atoms with E-state index >= 15 is 0 Å². The van der Waals surface area contributed by atoms with E-state index in [1.165, 1.54) is 0 Å². The summed E-state index contributed by atoms with van der Waals surface area (Å²) >= 11 is 6.83. The molecule has 1 N–H and O–H groups in total. The monoisotopic (exact) mass is 450 g/mol. The number of rotatable bonds is 5. The molecule has 154 valence electrons. The van der Waals surface area contributed by atoms with E-state index < -0.39 is 18.2 Å². The number of fused-ring (bicyclic) bond motifs is 1. The Bertz CT molecular complexity index is 1240. The van der Waals surface area contributed by atoms with Crippen molar-refractivity contribution in [2.24, 2.45) is 0 Å². The van der Waals surface area contributed by atoms with E-state index in [4.69, 9.17) is 11.6 Å². The summed E-state index contributed by atoms with van der Waals surface area (Å²) in [6, 6.07) is 16.1. The summed E-state index contributed by atoms with van der Waals surface area (Å²) in [6.07, 6.45) is -5.25. The average Bonchev–Trinajstić information content (AvgIpc) is 3.08. The highest BCUT2D eigenvalue weighted by Crippen LogP contribution is 2.29. The Morgan fingerprint density at radius 2 is 1.73 bits per heavy atom. The summed E-state index contributed by atoms with van der Waals surface area (Å²) in [4.78, 5) is 24.0. The molecule has 0 aliphatic carbocycles. The zero-order valence-corrected chi connectivity index (χ0v) is 16.9. The minimum Gasteiger partial charge on any atom is -0.299 e. The number of imidazole rings is 1. The predicted octanol–water partition coefficient (Wildman–Crippen LogP) is 5.47. The minimum absolute atomic E-state index is 0.101. The Kier molecular flexibility index (Phi) is 5.57. The second-order valence-corrected chi connectivity index (χ2v) is 7.89. The third-order valence-corrected chi connectivity index (χ3v) is 5.36. The van der Waals surface area contributed by atoms with Gasteiger partial charge in [-0.15, -0.1) is 0 Å². The quantitative estimate of drug-likeness (QED) is 0.323. The summed E-state index contributed by atoms with van der Waals surface area (Å²) in [5.41, 5.74) is 1.29. The number of alkyl halides is 3. The standard InChI is InChI=1S/C20H14ClF3N4OS/c21-13-8-6-12(7-9-13)16-25-15-17(28(16)14-4-2-1-3-5-14)26-19(27-18(15)29)30-11-10-20(22,23)24/h1-9H,10-11H2,(H,26,27,29). The van der Waals surface area contributed by atoms with Crippen molar-refractivity contribution in [3.05, 3.63) is 70.0 Å². The Labute approximate surface area is 177 Å². The predicted molar refractivity (Wildman–Crippen MR) is 111 cm³/mol. The van der Waals surface area contributed by atoms with Crippen LogP contribution < -0.4 is 5.56 Å². The fourth-order valence-corrected chi connectivity index (χ4v) is 3.86. The van der Waals surface area contributed by atoms with Crippen molar-refractivity contribution in [1.29, 1.82) is 0 Å². The lowest BCUT2D eigenvalue weighted by molar-refractivity contribution is -0.129.